The van der Waals surface area contributed by atoms with Gasteiger partial charge >= 0.3 is 5.69 Å². The van der Waals surface area contributed by atoms with E-state index in [0.29, 0.717) is 13.1 Å². The molecule has 0 radical (unpaired) electrons. The number of nitriles is 1. The third-order valence-electron chi connectivity index (χ3n) is 4.78. The Morgan fingerprint density at radius 3 is 2.45 bits per heavy atom. The van der Waals surface area contributed by atoms with Crippen molar-refractivity contribution >= 4 is 15.7 Å². The Morgan fingerprint density at radius 1 is 1.21 bits per heavy atom. The van der Waals surface area contributed by atoms with Crippen LogP contribution in [-0.2, 0) is 16.4 Å². The average molecular weight is 415 g/mol. The Bertz CT molecular complexity index is 1040. The number of benzene rings is 2. The summed E-state index contributed by atoms with van der Waals surface area (Å²) >= 11 is 0. The molecule has 0 bridgehead atoms. The molecule has 0 aliphatic carbocycles. The van der Waals surface area contributed by atoms with Crippen LogP contribution in [0.25, 0.3) is 0 Å². The highest BCUT2D eigenvalue weighted by Crippen LogP contribution is 2.32. The molecular weight excluding hydrogens is 394 g/mol. The van der Waals surface area contributed by atoms with E-state index in [1.165, 1.54) is 16.4 Å². The number of nitro groups is 1. The molecule has 1 aliphatic rings. The maximum atomic E-state index is 12.7. The van der Waals surface area contributed by atoms with Crippen LogP contribution in [-0.4, -0.2) is 36.8 Å². The lowest BCUT2D eigenvalue weighted by molar-refractivity contribution is -0.386. The van der Waals surface area contributed by atoms with Gasteiger partial charge in [0.15, 0.2) is 11.9 Å². The van der Waals surface area contributed by atoms with Crippen molar-refractivity contribution in [2.45, 2.75) is 37.2 Å². The van der Waals surface area contributed by atoms with Crippen molar-refractivity contribution in [3.05, 3.63) is 63.7 Å². The fourth-order valence-electron chi connectivity index (χ4n) is 3.18. The third kappa shape index (κ3) is 4.72. The molecule has 3 rings (SSSR count). The lowest BCUT2D eigenvalue weighted by Gasteiger charge is -2.17. The lowest BCUT2D eigenvalue weighted by Crippen LogP contribution is -2.28. The molecular formula is C20H21N3O5S. The van der Waals surface area contributed by atoms with Gasteiger partial charge in [-0.05, 0) is 37.5 Å². The summed E-state index contributed by atoms with van der Waals surface area (Å²) in [6, 6.07) is 13.1. The van der Waals surface area contributed by atoms with Gasteiger partial charge in [-0.25, -0.2) is 8.42 Å². The van der Waals surface area contributed by atoms with Crippen molar-refractivity contribution in [2.24, 2.45) is 0 Å². The SMILES string of the molecule is Cc1ccc(C[C@H](C#N)Oc2ccc(S(=O)(=O)N3CCCC3)cc2[N+](=O)[O-])cc1. The molecule has 0 unspecified atom stereocenters. The summed E-state index contributed by atoms with van der Waals surface area (Å²) in [6.45, 7) is 2.76. The molecule has 9 heteroatoms. The fourth-order valence-corrected chi connectivity index (χ4v) is 4.72. The molecule has 1 atom stereocenters. The first kappa shape index (κ1) is 20.8. The van der Waals surface area contributed by atoms with E-state index in [4.69, 9.17) is 4.74 Å². The Balaban J connectivity index is 1.85. The number of nitrogens with zero attached hydrogens (tertiary/aromatic N) is 3. The molecule has 2 aromatic carbocycles. The summed E-state index contributed by atoms with van der Waals surface area (Å²) in [7, 11) is -3.79. The minimum absolute atomic E-state index is 0.131. The van der Waals surface area contributed by atoms with Crippen LogP contribution in [0.5, 0.6) is 5.75 Å². The summed E-state index contributed by atoms with van der Waals surface area (Å²) in [5.74, 6) is -0.131. The predicted molar refractivity (Wildman–Crippen MR) is 106 cm³/mol. The van der Waals surface area contributed by atoms with Crippen LogP contribution in [0.3, 0.4) is 0 Å². The molecule has 1 aliphatic heterocycles. The quantitative estimate of drug-likeness (QED) is 0.507. The van der Waals surface area contributed by atoms with Crippen LogP contribution >= 0.6 is 0 Å². The number of ether oxygens (including phenoxy) is 1. The second-order valence-corrected chi connectivity index (χ2v) is 8.86. The standard InChI is InChI=1S/C20H21N3O5S/c1-15-4-6-16(7-5-15)12-17(14-21)28-20-9-8-18(13-19(20)23(24)25)29(26,27)22-10-2-3-11-22/h4-9,13,17H,2-3,10-12H2,1H3/t17-/m1/s1. The Labute approximate surface area is 169 Å². The molecule has 0 aromatic heterocycles. The zero-order chi connectivity index (χ0) is 21.0. The van der Waals surface area contributed by atoms with Crippen LogP contribution in [0.15, 0.2) is 47.4 Å². The molecule has 152 valence electrons. The first-order valence-corrected chi connectivity index (χ1v) is 10.7. The maximum absolute atomic E-state index is 12.7. The minimum atomic E-state index is -3.79. The second kappa shape index (κ2) is 8.59. The van der Waals surface area contributed by atoms with Gasteiger partial charge in [0.25, 0.3) is 0 Å². The average Bonchev–Trinajstić information content (AvgIpc) is 3.25. The minimum Gasteiger partial charge on any atom is -0.468 e. The van der Waals surface area contributed by atoms with E-state index in [1.807, 2.05) is 37.3 Å². The maximum Gasteiger partial charge on any atom is 0.312 e. The van der Waals surface area contributed by atoms with E-state index in [-0.39, 0.29) is 17.1 Å². The summed E-state index contributed by atoms with van der Waals surface area (Å²) in [6.07, 6.45) is 0.843. The molecule has 1 heterocycles. The van der Waals surface area contributed by atoms with Crippen molar-refractivity contribution in [1.82, 2.24) is 4.31 Å². The molecule has 0 spiro atoms. The van der Waals surface area contributed by atoms with Crippen LogP contribution in [0, 0.1) is 28.4 Å². The van der Waals surface area contributed by atoms with Gasteiger partial charge in [-0.15, -0.1) is 0 Å². The van der Waals surface area contributed by atoms with E-state index < -0.39 is 26.7 Å². The third-order valence-corrected chi connectivity index (χ3v) is 6.68. The van der Waals surface area contributed by atoms with E-state index in [2.05, 4.69) is 0 Å². The van der Waals surface area contributed by atoms with E-state index in [1.54, 1.807) is 0 Å². The largest absolute Gasteiger partial charge is 0.468 e. The van der Waals surface area contributed by atoms with Gasteiger partial charge in [-0.2, -0.15) is 9.57 Å². The van der Waals surface area contributed by atoms with Gasteiger partial charge in [-0.1, -0.05) is 29.8 Å². The summed E-state index contributed by atoms with van der Waals surface area (Å²) in [5.41, 5.74) is 1.46. The van der Waals surface area contributed by atoms with Crippen LogP contribution in [0.1, 0.15) is 24.0 Å². The number of nitro benzene ring substituents is 1. The molecule has 1 saturated heterocycles. The van der Waals surface area contributed by atoms with E-state index >= 15 is 0 Å². The van der Waals surface area contributed by atoms with Gasteiger partial charge in [0.1, 0.15) is 6.07 Å². The molecule has 0 saturated carbocycles. The molecule has 8 nitrogen and oxygen atoms in total. The number of sulfonamides is 1. The number of hydrogen-bond donors (Lipinski definition) is 0. The zero-order valence-electron chi connectivity index (χ0n) is 15.9. The highest BCUT2D eigenvalue weighted by Gasteiger charge is 2.30. The fraction of sp³-hybridized carbons (Fsp3) is 0.350. The molecule has 2 aromatic rings. The van der Waals surface area contributed by atoms with Gasteiger partial charge in [-0.3, -0.25) is 10.1 Å². The number of aryl methyl sites for hydroxylation is 1. The van der Waals surface area contributed by atoms with Crippen molar-refractivity contribution in [1.29, 1.82) is 5.26 Å². The monoisotopic (exact) mass is 415 g/mol. The van der Waals surface area contributed by atoms with Crippen molar-refractivity contribution in [3.63, 3.8) is 0 Å². The van der Waals surface area contributed by atoms with Gasteiger partial charge in [0.2, 0.25) is 10.0 Å². The van der Waals surface area contributed by atoms with Gasteiger partial charge < -0.3 is 4.74 Å². The van der Waals surface area contributed by atoms with Gasteiger partial charge in [0.05, 0.1) is 9.82 Å². The summed E-state index contributed by atoms with van der Waals surface area (Å²) < 4.78 is 32.2. The van der Waals surface area contributed by atoms with E-state index in [0.717, 1.165) is 30.0 Å². The number of hydrogen-bond acceptors (Lipinski definition) is 6. The predicted octanol–water partition coefficient (Wildman–Crippen LogP) is 3.20. The first-order valence-electron chi connectivity index (χ1n) is 9.21. The molecule has 29 heavy (non-hydrogen) atoms. The molecule has 1 fully saturated rings. The van der Waals surface area contributed by atoms with Gasteiger partial charge in [0, 0.05) is 25.6 Å². The smallest absolute Gasteiger partial charge is 0.312 e. The highest BCUT2D eigenvalue weighted by molar-refractivity contribution is 7.89. The lowest BCUT2D eigenvalue weighted by atomic mass is 10.1. The van der Waals surface area contributed by atoms with Crippen molar-refractivity contribution < 1.29 is 18.1 Å². The number of rotatable bonds is 7. The molecule has 0 amide bonds. The Morgan fingerprint density at radius 2 is 1.86 bits per heavy atom. The topological polar surface area (TPSA) is 114 Å². The summed E-state index contributed by atoms with van der Waals surface area (Å²) in [4.78, 5) is 10.7. The second-order valence-electron chi connectivity index (χ2n) is 6.92. The van der Waals surface area contributed by atoms with Crippen molar-refractivity contribution in [2.75, 3.05) is 13.1 Å². The Kier molecular flexibility index (Phi) is 6.15. The molecule has 0 N–H and O–H groups in total. The van der Waals surface area contributed by atoms with E-state index in [9.17, 15) is 23.8 Å². The highest BCUT2D eigenvalue weighted by atomic mass is 32.2. The van der Waals surface area contributed by atoms with Crippen LogP contribution in [0.2, 0.25) is 0 Å². The van der Waals surface area contributed by atoms with Crippen molar-refractivity contribution in [3.8, 4) is 11.8 Å². The zero-order valence-corrected chi connectivity index (χ0v) is 16.8. The van der Waals surface area contributed by atoms with Crippen LogP contribution < -0.4 is 4.74 Å². The first-order chi connectivity index (χ1) is 13.8. The normalized spacial score (nSPS) is 15.6. The Hall–Kier alpha value is -2.96. The van der Waals surface area contributed by atoms with Crippen LogP contribution in [0.4, 0.5) is 5.69 Å². The summed E-state index contributed by atoms with van der Waals surface area (Å²) in [5, 5.41) is 20.9.